The molecule has 0 saturated heterocycles. The Morgan fingerprint density at radius 3 is 2.27 bits per heavy atom. The Kier molecular flexibility index (Phi) is 5.20. The van der Waals surface area contributed by atoms with E-state index in [1.165, 1.54) is 6.07 Å². The van der Waals surface area contributed by atoms with Gasteiger partial charge >= 0.3 is 0 Å². The van der Waals surface area contributed by atoms with Crippen molar-refractivity contribution in [1.29, 1.82) is 0 Å². The van der Waals surface area contributed by atoms with Crippen LogP contribution in [0, 0.1) is 12.7 Å². The molecule has 1 nitrogen and oxygen atoms in total. The molecule has 0 radical (unpaired) electrons. The van der Waals surface area contributed by atoms with Gasteiger partial charge in [-0.1, -0.05) is 6.07 Å². The highest BCUT2D eigenvalue weighted by molar-refractivity contribution is 6.18. The van der Waals surface area contributed by atoms with Crippen LogP contribution in [0.25, 0.3) is 0 Å². The Hall–Kier alpha value is -0.470. The zero-order valence-electron chi connectivity index (χ0n) is 8.64. The third kappa shape index (κ3) is 3.54. The normalized spacial score (nSPS) is 10.4. The van der Waals surface area contributed by atoms with Gasteiger partial charge in [0.2, 0.25) is 0 Å². The highest BCUT2D eigenvalue weighted by Gasteiger charge is 2.10. The fraction of sp³-hybridized carbons (Fsp3) is 0.455. The number of halogens is 3. The van der Waals surface area contributed by atoms with Gasteiger partial charge in [-0.05, 0) is 24.6 Å². The van der Waals surface area contributed by atoms with Crippen molar-refractivity contribution in [2.24, 2.45) is 0 Å². The van der Waals surface area contributed by atoms with Crippen molar-refractivity contribution in [1.82, 2.24) is 0 Å². The summed E-state index contributed by atoms with van der Waals surface area (Å²) in [5, 5.41) is 0. The minimum absolute atomic E-state index is 0.217. The zero-order chi connectivity index (χ0) is 11.3. The van der Waals surface area contributed by atoms with Gasteiger partial charge in [-0.3, -0.25) is 0 Å². The van der Waals surface area contributed by atoms with Crippen molar-refractivity contribution in [3.05, 3.63) is 29.6 Å². The van der Waals surface area contributed by atoms with E-state index in [0.29, 0.717) is 30.5 Å². The first-order valence-electron chi connectivity index (χ1n) is 4.82. The second kappa shape index (κ2) is 6.19. The van der Waals surface area contributed by atoms with E-state index in [1.54, 1.807) is 6.07 Å². The lowest BCUT2D eigenvalue weighted by Gasteiger charge is -2.23. The van der Waals surface area contributed by atoms with Crippen molar-refractivity contribution in [2.45, 2.75) is 6.92 Å². The van der Waals surface area contributed by atoms with E-state index < -0.39 is 0 Å². The summed E-state index contributed by atoms with van der Waals surface area (Å²) in [6, 6.07) is 5.17. The first-order valence-corrected chi connectivity index (χ1v) is 5.89. The molecule has 15 heavy (non-hydrogen) atoms. The van der Waals surface area contributed by atoms with E-state index in [2.05, 4.69) is 0 Å². The summed E-state index contributed by atoms with van der Waals surface area (Å²) in [6.07, 6.45) is 0. The molecule has 0 saturated carbocycles. The molecule has 0 aliphatic rings. The smallest absolute Gasteiger partial charge is 0.146 e. The topological polar surface area (TPSA) is 3.24 Å². The van der Waals surface area contributed by atoms with Crippen LogP contribution in [0.15, 0.2) is 18.2 Å². The number of anilines is 1. The number of hydrogen-bond acceptors (Lipinski definition) is 1. The van der Waals surface area contributed by atoms with Gasteiger partial charge in [0.25, 0.3) is 0 Å². The van der Waals surface area contributed by atoms with E-state index >= 15 is 0 Å². The highest BCUT2D eigenvalue weighted by atomic mass is 35.5. The van der Waals surface area contributed by atoms with E-state index in [4.69, 9.17) is 23.2 Å². The molecule has 0 amide bonds. The average molecular weight is 250 g/mol. The molecule has 84 valence electrons. The summed E-state index contributed by atoms with van der Waals surface area (Å²) in [5.74, 6) is 0.708. The largest absolute Gasteiger partial charge is 0.367 e. The van der Waals surface area contributed by atoms with E-state index in [9.17, 15) is 4.39 Å². The van der Waals surface area contributed by atoms with Gasteiger partial charge in [0.05, 0.1) is 5.69 Å². The van der Waals surface area contributed by atoms with Gasteiger partial charge in [0, 0.05) is 24.8 Å². The lowest BCUT2D eigenvalue weighted by Crippen LogP contribution is -2.28. The molecule has 1 rings (SSSR count). The third-order valence-electron chi connectivity index (χ3n) is 2.15. The highest BCUT2D eigenvalue weighted by Crippen LogP contribution is 2.20. The molecule has 0 bridgehead atoms. The standard InChI is InChI=1S/C11H14Cl2FN/c1-9-2-3-11(10(14)8-9)15(6-4-12)7-5-13/h2-3,8H,4-7H2,1H3. The van der Waals surface area contributed by atoms with Gasteiger partial charge in [-0.25, -0.2) is 4.39 Å². The molecule has 0 unspecified atom stereocenters. The number of hydrogen-bond donors (Lipinski definition) is 0. The summed E-state index contributed by atoms with van der Waals surface area (Å²) in [5.41, 5.74) is 1.48. The molecule has 4 heteroatoms. The minimum atomic E-state index is -0.217. The molecule has 1 aromatic rings. The number of benzene rings is 1. The molecule has 0 aliphatic carbocycles. The number of rotatable bonds is 5. The first kappa shape index (κ1) is 12.6. The van der Waals surface area contributed by atoms with Crippen LogP contribution in [0.4, 0.5) is 10.1 Å². The Bertz CT molecular complexity index is 311. The Morgan fingerprint density at radius 1 is 1.20 bits per heavy atom. The third-order valence-corrected chi connectivity index (χ3v) is 2.49. The quantitative estimate of drug-likeness (QED) is 0.724. The Balaban J connectivity index is 2.89. The predicted molar refractivity (Wildman–Crippen MR) is 64.8 cm³/mol. The minimum Gasteiger partial charge on any atom is -0.367 e. The molecule has 0 N–H and O–H groups in total. The molecule has 0 fully saturated rings. The van der Waals surface area contributed by atoms with Gasteiger partial charge in [-0.15, -0.1) is 23.2 Å². The first-order chi connectivity index (χ1) is 7.19. The van der Waals surface area contributed by atoms with Crippen LogP contribution in [-0.2, 0) is 0 Å². The summed E-state index contributed by atoms with van der Waals surface area (Å²) in [6.45, 7) is 3.07. The maximum atomic E-state index is 13.6. The molecular weight excluding hydrogens is 236 g/mol. The zero-order valence-corrected chi connectivity index (χ0v) is 10.2. The van der Waals surface area contributed by atoms with E-state index in [-0.39, 0.29) is 5.82 Å². The molecule has 1 aromatic carbocycles. The summed E-state index contributed by atoms with van der Waals surface area (Å²) < 4.78 is 13.6. The Labute approximate surface area is 99.8 Å². The molecule has 0 aliphatic heterocycles. The van der Waals surface area contributed by atoms with E-state index in [1.807, 2.05) is 17.9 Å². The lowest BCUT2D eigenvalue weighted by molar-refractivity contribution is 0.619. The van der Waals surface area contributed by atoms with Gasteiger partial charge in [0.15, 0.2) is 0 Å². The van der Waals surface area contributed by atoms with Crippen LogP contribution in [0.3, 0.4) is 0 Å². The van der Waals surface area contributed by atoms with Crippen LogP contribution >= 0.6 is 23.2 Å². The predicted octanol–water partition coefficient (Wildman–Crippen LogP) is 3.42. The number of alkyl halides is 2. The van der Waals surface area contributed by atoms with E-state index in [0.717, 1.165) is 5.56 Å². The van der Waals surface area contributed by atoms with Crippen molar-refractivity contribution < 1.29 is 4.39 Å². The van der Waals surface area contributed by atoms with Gasteiger partial charge in [-0.2, -0.15) is 0 Å². The SMILES string of the molecule is Cc1ccc(N(CCCl)CCCl)c(F)c1. The molecule has 0 aromatic heterocycles. The number of aryl methyl sites for hydroxylation is 1. The second-order valence-corrected chi connectivity index (χ2v) is 4.08. The summed E-state index contributed by atoms with van der Waals surface area (Å²) in [7, 11) is 0. The van der Waals surface area contributed by atoms with Gasteiger partial charge < -0.3 is 4.90 Å². The Morgan fingerprint density at radius 2 is 1.80 bits per heavy atom. The number of nitrogens with zero attached hydrogens (tertiary/aromatic N) is 1. The van der Waals surface area contributed by atoms with Crippen LogP contribution in [-0.4, -0.2) is 24.8 Å². The maximum absolute atomic E-state index is 13.6. The second-order valence-electron chi connectivity index (χ2n) is 3.32. The fourth-order valence-electron chi connectivity index (χ4n) is 1.43. The molecule has 0 spiro atoms. The van der Waals surface area contributed by atoms with Crippen LogP contribution in [0.1, 0.15) is 5.56 Å². The summed E-state index contributed by atoms with van der Waals surface area (Å²) >= 11 is 11.3. The van der Waals surface area contributed by atoms with Crippen molar-refractivity contribution >= 4 is 28.9 Å². The van der Waals surface area contributed by atoms with Crippen LogP contribution < -0.4 is 4.90 Å². The molecule has 0 atom stereocenters. The van der Waals surface area contributed by atoms with Crippen LogP contribution in [0.2, 0.25) is 0 Å². The van der Waals surface area contributed by atoms with Crippen molar-refractivity contribution in [3.8, 4) is 0 Å². The molecule has 0 heterocycles. The maximum Gasteiger partial charge on any atom is 0.146 e. The van der Waals surface area contributed by atoms with Crippen LogP contribution in [0.5, 0.6) is 0 Å². The van der Waals surface area contributed by atoms with Crippen molar-refractivity contribution in [2.75, 3.05) is 29.7 Å². The summed E-state index contributed by atoms with van der Waals surface area (Å²) in [4.78, 5) is 1.86. The fourth-order valence-corrected chi connectivity index (χ4v) is 1.83. The monoisotopic (exact) mass is 249 g/mol. The molecular formula is C11H14Cl2FN. The van der Waals surface area contributed by atoms with Gasteiger partial charge in [0.1, 0.15) is 5.82 Å². The lowest BCUT2D eigenvalue weighted by atomic mass is 10.2. The average Bonchev–Trinajstić information content (AvgIpc) is 2.17. The van der Waals surface area contributed by atoms with Crippen molar-refractivity contribution in [3.63, 3.8) is 0 Å².